The Labute approximate surface area is 110 Å². The monoisotopic (exact) mass is 245 g/mol. The minimum Gasteiger partial charge on any atom is -0.382 e. The summed E-state index contributed by atoms with van der Waals surface area (Å²) in [7, 11) is 0. The van der Waals surface area contributed by atoms with Gasteiger partial charge < -0.3 is 5.32 Å². The van der Waals surface area contributed by atoms with E-state index in [1.807, 2.05) is 24.3 Å². The van der Waals surface area contributed by atoms with Gasteiger partial charge in [-0.25, -0.2) is 0 Å². The van der Waals surface area contributed by atoms with Crippen molar-refractivity contribution in [1.29, 1.82) is 0 Å². The molecule has 0 spiro atoms. The van der Waals surface area contributed by atoms with Gasteiger partial charge in [-0.15, -0.1) is 0 Å². The summed E-state index contributed by atoms with van der Waals surface area (Å²) in [6.07, 6.45) is 3.87. The molecule has 0 saturated heterocycles. The standard InChI is InChI=1S/C16H23NO/c1-11-4-9-16(12(2)10-11)17-15-7-5-14(6-8-15)13(3)18/h5-8,11-12,16-17H,4,9-10H2,1-3H3. The lowest BCUT2D eigenvalue weighted by molar-refractivity contribution is 0.101. The van der Waals surface area contributed by atoms with Crippen LogP contribution in [0.5, 0.6) is 0 Å². The largest absolute Gasteiger partial charge is 0.382 e. The average Bonchev–Trinajstić information content (AvgIpc) is 2.33. The molecule has 1 aromatic rings. The zero-order chi connectivity index (χ0) is 13.1. The van der Waals surface area contributed by atoms with Crippen molar-refractivity contribution < 1.29 is 4.79 Å². The van der Waals surface area contributed by atoms with E-state index in [1.165, 1.54) is 19.3 Å². The smallest absolute Gasteiger partial charge is 0.159 e. The molecule has 1 aliphatic carbocycles. The number of benzene rings is 1. The fourth-order valence-corrected chi connectivity index (χ4v) is 2.90. The third kappa shape index (κ3) is 3.12. The van der Waals surface area contributed by atoms with Gasteiger partial charge in [0.1, 0.15) is 0 Å². The van der Waals surface area contributed by atoms with Gasteiger partial charge in [0, 0.05) is 17.3 Å². The van der Waals surface area contributed by atoms with Gasteiger partial charge in [0.2, 0.25) is 0 Å². The van der Waals surface area contributed by atoms with Crippen LogP contribution in [0.2, 0.25) is 0 Å². The Balaban J connectivity index is 1.99. The van der Waals surface area contributed by atoms with Gasteiger partial charge in [0.15, 0.2) is 5.78 Å². The molecule has 3 unspecified atom stereocenters. The summed E-state index contributed by atoms with van der Waals surface area (Å²) >= 11 is 0. The highest BCUT2D eigenvalue weighted by Gasteiger charge is 2.24. The van der Waals surface area contributed by atoms with Gasteiger partial charge in [-0.3, -0.25) is 4.79 Å². The number of hydrogen-bond donors (Lipinski definition) is 1. The molecule has 3 atom stereocenters. The van der Waals surface area contributed by atoms with Crippen LogP contribution in [0.4, 0.5) is 5.69 Å². The van der Waals surface area contributed by atoms with E-state index in [9.17, 15) is 4.79 Å². The highest BCUT2D eigenvalue weighted by atomic mass is 16.1. The van der Waals surface area contributed by atoms with Crippen LogP contribution in [-0.4, -0.2) is 11.8 Å². The summed E-state index contributed by atoms with van der Waals surface area (Å²) in [5.74, 6) is 1.71. The number of ketones is 1. The molecule has 1 N–H and O–H groups in total. The molecule has 1 fully saturated rings. The minimum atomic E-state index is 0.126. The summed E-state index contributed by atoms with van der Waals surface area (Å²) in [4.78, 5) is 11.2. The van der Waals surface area contributed by atoms with Crippen molar-refractivity contribution in [1.82, 2.24) is 0 Å². The Hall–Kier alpha value is -1.31. The topological polar surface area (TPSA) is 29.1 Å². The Bertz CT molecular complexity index is 410. The van der Waals surface area contributed by atoms with Crippen molar-refractivity contribution in [3.63, 3.8) is 0 Å². The number of Topliss-reactive ketones (excluding diaryl/α,β-unsaturated/α-hetero) is 1. The number of hydrogen-bond acceptors (Lipinski definition) is 2. The van der Waals surface area contributed by atoms with E-state index in [0.717, 1.165) is 23.1 Å². The van der Waals surface area contributed by atoms with Crippen LogP contribution >= 0.6 is 0 Å². The second-order valence-corrected chi connectivity index (χ2v) is 5.78. The molecule has 98 valence electrons. The second-order valence-electron chi connectivity index (χ2n) is 5.78. The first kappa shape index (κ1) is 13.1. The minimum absolute atomic E-state index is 0.126. The van der Waals surface area contributed by atoms with Gasteiger partial charge in [-0.05, 0) is 62.3 Å². The van der Waals surface area contributed by atoms with Crippen LogP contribution in [0.15, 0.2) is 24.3 Å². The van der Waals surface area contributed by atoms with Gasteiger partial charge in [0.05, 0.1) is 0 Å². The maximum absolute atomic E-state index is 11.2. The predicted octanol–water partition coefficient (Wildman–Crippen LogP) is 4.13. The molecule has 0 aromatic heterocycles. The van der Waals surface area contributed by atoms with Gasteiger partial charge in [-0.2, -0.15) is 0 Å². The first-order valence-corrected chi connectivity index (χ1v) is 6.94. The first-order chi connectivity index (χ1) is 8.56. The summed E-state index contributed by atoms with van der Waals surface area (Å²) < 4.78 is 0. The lowest BCUT2D eigenvalue weighted by Crippen LogP contribution is -2.32. The third-order valence-corrected chi connectivity index (χ3v) is 4.07. The summed E-state index contributed by atoms with van der Waals surface area (Å²) in [6, 6.07) is 8.41. The number of anilines is 1. The van der Waals surface area contributed by atoms with E-state index in [2.05, 4.69) is 19.2 Å². The van der Waals surface area contributed by atoms with Crippen molar-refractivity contribution in [2.24, 2.45) is 11.8 Å². The van der Waals surface area contributed by atoms with Crippen molar-refractivity contribution in [3.05, 3.63) is 29.8 Å². The summed E-state index contributed by atoms with van der Waals surface area (Å²) in [5.41, 5.74) is 1.91. The fourth-order valence-electron chi connectivity index (χ4n) is 2.90. The molecule has 0 bridgehead atoms. The van der Waals surface area contributed by atoms with Crippen molar-refractivity contribution in [2.75, 3.05) is 5.32 Å². The number of nitrogens with one attached hydrogen (secondary N) is 1. The molecule has 2 heteroatoms. The third-order valence-electron chi connectivity index (χ3n) is 4.07. The molecule has 0 amide bonds. The van der Waals surface area contributed by atoms with Crippen LogP contribution in [0.1, 0.15) is 50.4 Å². The Kier molecular flexibility index (Phi) is 4.05. The Morgan fingerprint density at radius 1 is 1.17 bits per heavy atom. The molecular weight excluding hydrogens is 222 g/mol. The van der Waals surface area contributed by atoms with E-state index in [0.29, 0.717) is 6.04 Å². The maximum Gasteiger partial charge on any atom is 0.159 e. The molecule has 0 aliphatic heterocycles. The highest BCUT2D eigenvalue weighted by molar-refractivity contribution is 5.94. The highest BCUT2D eigenvalue weighted by Crippen LogP contribution is 2.30. The van der Waals surface area contributed by atoms with Crippen molar-refractivity contribution in [2.45, 2.75) is 46.1 Å². The second kappa shape index (κ2) is 5.55. The Morgan fingerprint density at radius 2 is 1.83 bits per heavy atom. The van der Waals surface area contributed by atoms with E-state index >= 15 is 0 Å². The molecular formula is C16H23NO. The number of carbonyl (C=O) groups excluding carboxylic acids is 1. The zero-order valence-electron chi connectivity index (χ0n) is 11.6. The van der Waals surface area contributed by atoms with E-state index in [4.69, 9.17) is 0 Å². The molecule has 1 aromatic carbocycles. The van der Waals surface area contributed by atoms with Crippen LogP contribution < -0.4 is 5.32 Å². The van der Waals surface area contributed by atoms with Crippen LogP contribution in [0, 0.1) is 11.8 Å². The lowest BCUT2D eigenvalue weighted by atomic mass is 9.80. The van der Waals surface area contributed by atoms with E-state index < -0.39 is 0 Å². The molecule has 2 nitrogen and oxygen atoms in total. The van der Waals surface area contributed by atoms with Gasteiger partial charge in [0.25, 0.3) is 0 Å². The van der Waals surface area contributed by atoms with E-state index in [1.54, 1.807) is 6.92 Å². The molecule has 0 heterocycles. The molecule has 1 aliphatic rings. The molecule has 1 saturated carbocycles. The van der Waals surface area contributed by atoms with Crippen LogP contribution in [-0.2, 0) is 0 Å². The van der Waals surface area contributed by atoms with Gasteiger partial charge in [-0.1, -0.05) is 13.8 Å². The van der Waals surface area contributed by atoms with Gasteiger partial charge >= 0.3 is 0 Å². The summed E-state index contributed by atoms with van der Waals surface area (Å²) in [5, 5.41) is 3.61. The molecule has 2 rings (SSSR count). The van der Waals surface area contributed by atoms with Crippen LogP contribution in [0.3, 0.4) is 0 Å². The van der Waals surface area contributed by atoms with Crippen molar-refractivity contribution >= 4 is 11.5 Å². The predicted molar refractivity (Wildman–Crippen MR) is 76.0 cm³/mol. The SMILES string of the molecule is CC(=O)c1ccc(NC2CCC(C)CC2C)cc1. The zero-order valence-corrected chi connectivity index (χ0v) is 11.6. The number of rotatable bonds is 3. The molecule has 18 heavy (non-hydrogen) atoms. The van der Waals surface area contributed by atoms with E-state index in [-0.39, 0.29) is 5.78 Å². The fraction of sp³-hybridized carbons (Fsp3) is 0.562. The molecule has 0 radical (unpaired) electrons. The summed E-state index contributed by atoms with van der Waals surface area (Å²) in [6.45, 7) is 6.28. The van der Waals surface area contributed by atoms with Crippen molar-refractivity contribution in [3.8, 4) is 0 Å². The number of carbonyl (C=O) groups is 1. The lowest BCUT2D eigenvalue weighted by Gasteiger charge is -2.33. The Morgan fingerprint density at radius 3 is 2.39 bits per heavy atom. The average molecular weight is 245 g/mol. The van der Waals surface area contributed by atoms with Crippen LogP contribution in [0.25, 0.3) is 0 Å². The first-order valence-electron chi connectivity index (χ1n) is 6.94. The maximum atomic E-state index is 11.2. The normalized spacial score (nSPS) is 27.8. The quantitative estimate of drug-likeness (QED) is 0.811.